The molecule has 2 amide bonds. The number of halogens is 1. The van der Waals surface area contributed by atoms with E-state index in [0.29, 0.717) is 32.1 Å². The maximum Gasteiger partial charge on any atom is 0.320 e. The van der Waals surface area contributed by atoms with Crippen molar-refractivity contribution in [3.05, 3.63) is 47.3 Å². The quantitative estimate of drug-likeness (QED) is 0.607. The second-order valence-corrected chi connectivity index (χ2v) is 8.90. The first-order valence-corrected chi connectivity index (χ1v) is 11.3. The number of likely N-dealkylation sites (tertiary alicyclic amines) is 1. The van der Waals surface area contributed by atoms with Gasteiger partial charge in [0.2, 0.25) is 0 Å². The van der Waals surface area contributed by atoms with Gasteiger partial charge in [0.1, 0.15) is 11.6 Å². The highest BCUT2D eigenvalue weighted by Gasteiger charge is 2.35. The molecule has 0 spiro atoms. The second kappa shape index (κ2) is 7.99. The van der Waals surface area contributed by atoms with E-state index < -0.39 is 0 Å². The molecule has 31 heavy (non-hydrogen) atoms. The molecule has 2 aliphatic rings. The molecule has 1 saturated heterocycles. The van der Waals surface area contributed by atoms with Gasteiger partial charge < -0.3 is 14.4 Å². The van der Waals surface area contributed by atoms with Crippen LogP contribution in [0.3, 0.4) is 0 Å². The minimum atomic E-state index is -0.215. The molecule has 10 heteroatoms. The van der Waals surface area contributed by atoms with Crippen LogP contribution in [0, 0.1) is 12.7 Å². The smallest absolute Gasteiger partial charge is 0.320 e. The molecule has 4 heterocycles. The van der Waals surface area contributed by atoms with Crippen molar-refractivity contribution in [3.63, 3.8) is 0 Å². The maximum absolute atomic E-state index is 13.3. The molecule has 2 aromatic heterocycles. The topological polar surface area (TPSA) is 80.0 Å². The molecule has 0 saturated carbocycles. The third kappa shape index (κ3) is 3.69. The van der Waals surface area contributed by atoms with Gasteiger partial charge in [-0.3, -0.25) is 0 Å². The number of nitrogens with zero attached hydrogens (tertiary/aromatic N) is 7. The van der Waals surface area contributed by atoms with E-state index in [4.69, 9.17) is 0 Å². The molecule has 5 rings (SSSR count). The number of carbonyl (C=O) groups is 1. The van der Waals surface area contributed by atoms with E-state index >= 15 is 0 Å². The van der Waals surface area contributed by atoms with Crippen molar-refractivity contribution >= 4 is 17.6 Å². The van der Waals surface area contributed by atoms with Crippen molar-refractivity contribution in [3.8, 4) is 10.8 Å². The summed E-state index contributed by atoms with van der Waals surface area (Å²) in [7, 11) is 0. The zero-order valence-electron chi connectivity index (χ0n) is 17.5. The Labute approximate surface area is 183 Å². The molecule has 0 N–H and O–H groups in total. The molecule has 3 aromatic rings. The fourth-order valence-electron chi connectivity index (χ4n) is 4.51. The standard InChI is InChI=1S/C21H24FN7OS/c1-13-18-24-25-19(20-23-14(2)26-31-20)29(18)12-11-28(13)21(30)27-9-7-16(8-10-27)15-3-5-17(22)6-4-15/h3-6,13,16H,7-12H2,1-2H3/t13-/m1/s1. The number of piperidine rings is 1. The largest absolute Gasteiger partial charge is 0.325 e. The summed E-state index contributed by atoms with van der Waals surface area (Å²) < 4.78 is 19.5. The number of urea groups is 1. The number of carbonyl (C=O) groups excluding carboxylic acids is 1. The number of hydrogen-bond donors (Lipinski definition) is 0. The van der Waals surface area contributed by atoms with Crippen LogP contribution < -0.4 is 0 Å². The van der Waals surface area contributed by atoms with Gasteiger partial charge >= 0.3 is 6.03 Å². The lowest BCUT2D eigenvalue weighted by Gasteiger charge is -2.40. The summed E-state index contributed by atoms with van der Waals surface area (Å²) in [4.78, 5) is 21.5. The van der Waals surface area contributed by atoms with E-state index in [1.165, 1.54) is 23.7 Å². The molecule has 0 radical (unpaired) electrons. The van der Waals surface area contributed by atoms with Gasteiger partial charge in [-0.15, -0.1) is 10.2 Å². The average molecular weight is 442 g/mol. The molecular weight excluding hydrogens is 417 g/mol. The zero-order valence-corrected chi connectivity index (χ0v) is 18.3. The van der Waals surface area contributed by atoms with Crippen LogP contribution in [0.2, 0.25) is 0 Å². The minimum Gasteiger partial charge on any atom is -0.325 e. The van der Waals surface area contributed by atoms with E-state index in [0.717, 1.165) is 40.9 Å². The molecule has 8 nitrogen and oxygen atoms in total. The predicted molar refractivity (Wildman–Crippen MR) is 114 cm³/mol. The summed E-state index contributed by atoms with van der Waals surface area (Å²) in [5, 5.41) is 9.45. The number of benzene rings is 1. The number of fused-ring (bicyclic) bond motifs is 1. The molecule has 1 aromatic carbocycles. The normalized spacial score (nSPS) is 19.5. The maximum atomic E-state index is 13.3. The summed E-state index contributed by atoms with van der Waals surface area (Å²) in [5.74, 6) is 2.38. The fraction of sp³-hybridized carbons (Fsp3) is 0.476. The van der Waals surface area contributed by atoms with Crippen LogP contribution in [0.4, 0.5) is 9.18 Å². The lowest BCUT2D eigenvalue weighted by Crippen LogP contribution is -2.50. The first-order valence-electron chi connectivity index (χ1n) is 10.6. The highest BCUT2D eigenvalue weighted by atomic mass is 32.1. The lowest BCUT2D eigenvalue weighted by molar-refractivity contribution is 0.112. The first-order chi connectivity index (χ1) is 15.0. The van der Waals surface area contributed by atoms with Gasteiger partial charge in [0, 0.05) is 26.2 Å². The Morgan fingerprint density at radius 1 is 1.10 bits per heavy atom. The van der Waals surface area contributed by atoms with Crippen LogP contribution in [-0.2, 0) is 6.54 Å². The predicted octanol–water partition coefficient (Wildman–Crippen LogP) is 3.62. The monoisotopic (exact) mass is 441 g/mol. The lowest BCUT2D eigenvalue weighted by atomic mass is 9.89. The fourth-order valence-corrected chi connectivity index (χ4v) is 5.18. The van der Waals surface area contributed by atoms with Crippen LogP contribution in [0.5, 0.6) is 0 Å². The third-order valence-electron chi connectivity index (χ3n) is 6.26. The molecule has 0 aliphatic carbocycles. The van der Waals surface area contributed by atoms with E-state index in [1.807, 2.05) is 35.8 Å². The van der Waals surface area contributed by atoms with E-state index in [2.05, 4.69) is 24.1 Å². The summed E-state index contributed by atoms with van der Waals surface area (Å²) in [6.45, 7) is 6.50. The third-order valence-corrected chi connectivity index (χ3v) is 7.06. The van der Waals surface area contributed by atoms with Crippen LogP contribution in [0.15, 0.2) is 24.3 Å². The Morgan fingerprint density at radius 3 is 2.52 bits per heavy atom. The number of rotatable bonds is 2. The van der Waals surface area contributed by atoms with Crippen LogP contribution in [0.25, 0.3) is 10.8 Å². The van der Waals surface area contributed by atoms with E-state index in [9.17, 15) is 9.18 Å². The minimum absolute atomic E-state index is 0.0487. The van der Waals surface area contributed by atoms with E-state index in [-0.39, 0.29) is 17.9 Å². The van der Waals surface area contributed by atoms with Gasteiger partial charge in [-0.25, -0.2) is 14.2 Å². The van der Waals surface area contributed by atoms with Crippen molar-refractivity contribution in [1.29, 1.82) is 0 Å². The van der Waals surface area contributed by atoms with Crippen molar-refractivity contribution in [2.24, 2.45) is 0 Å². The van der Waals surface area contributed by atoms with E-state index in [1.54, 1.807) is 0 Å². The van der Waals surface area contributed by atoms with Crippen LogP contribution >= 0.6 is 11.5 Å². The Balaban J connectivity index is 1.26. The number of hydrogen-bond acceptors (Lipinski definition) is 6. The SMILES string of the molecule is Cc1nsc(-c2nnc3n2CCN(C(=O)N2CCC(c4ccc(F)cc4)CC2)[C@@H]3C)n1. The summed E-state index contributed by atoms with van der Waals surface area (Å²) in [6.07, 6.45) is 1.77. The molecule has 2 aliphatic heterocycles. The molecule has 0 bridgehead atoms. The van der Waals surface area contributed by atoms with Crippen molar-refractivity contribution in [1.82, 2.24) is 33.9 Å². The van der Waals surface area contributed by atoms with Gasteiger partial charge in [0.15, 0.2) is 16.7 Å². The van der Waals surface area contributed by atoms with Gasteiger partial charge in [-0.05, 0) is 61.8 Å². The Morgan fingerprint density at radius 2 is 1.84 bits per heavy atom. The molecule has 0 unspecified atom stereocenters. The van der Waals surface area contributed by atoms with Crippen LogP contribution in [-0.4, -0.2) is 59.6 Å². The molecular formula is C21H24FN7OS. The van der Waals surface area contributed by atoms with Gasteiger partial charge in [0.05, 0.1) is 6.04 Å². The van der Waals surface area contributed by atoms with Crippen molar-refractivity contribution in [2.45, 2.75) is 45.2 Å². The van der Waals surface area contributed by atoms with Gasteiger partial charge in [-0.2, -0.15) is 4.37 Å². The molecule has 1 atom stereocenters. The average Bonchev–Trinajstić information content (AvgIpc) is 3.41. The highest BCUT2D eigenvalue weighted by molar-refractivity contribution is 7.09. The highest BCUT2D eigenvalue weighted by Crippen LogP contribution is 2.32. The summed E-state index contributed by atoms with van der Waals surface area (Å²) in [6, 6.07) is 6.62. The number of aryl methyl sites for hydroxylation is 1. The first kappa shape index (κ1) is 20.0. The van der Waals surface area contributed by atoms with Crippen LogP contribution in [0.1, 0.15) is 48.9 Å². The molecule has 1 fully saturated rings. The zero-order chi connectivity index (χ0) is 21.5. The van der Waals surface area contributed by atoms with Gasteiger partial charge in [-0.1, -0.05) is 12.1 Å². The summed E-state index contributed by atoms with van der Waals surface area (Å²) in [5.41, 5.74) is 1.15. The Bertz CT molecular complexity index is 1090. The van der Waals surface area contributed by atoms with Crippen molar-refractivity contribution in [2.75, 3.05) is 19.6 Å². The Kier molecular flexibility index (Phi) is 5.17. The Hall–Kier alpha value is -2.88. The number of amides is 2. The number of aromatic nitrogens is 5. The molecule has 162 valence electrons. The summed E-state index contributed by atoms with van der Waals surface area (Å²) >= 11 is 1.32. The van der Waals surface area contributed by atoms with Crippen molar-refractivity contribution < 1.29 is 9.18 Å². The van der Waals surface area contributed by atoms with Gasteiger partial charge in [0.25, 0.3) is 0 Å². The second-order valence-electron chi connectivity index (χ2n) is 8.15.